The number of halogens is 1. The molecule has 7 nitrogen and oxygen atoms in total. The van der Waals surface area contributed by atoms with Crippen LogP contribution in [0.15, 0.2) is 65.7 Å². The summed E-state index contributed by atoms with van der Waals surface area (Å²) >= 11 is 9.64. The molecule has 2 aromatic carbocycles. The largest absolute Gasteiger partial charge is 0.468 e. The van der Waals surface area contributed by atoms with Gasteiger partial charge >= 0.3 is 5.97 Å². The van der Waals surface area contributed by atoms with Gasteiger partial charge in [-0.05, 0) is 83.5 Å². The molecule has 0 bridgehead atoms. The van der Waals surface area contributed by atoms with Crippen molar-refractivity contribution in [1.82, 2.24) is 10.2 Å². The fraction of sp³-hybridized carbons (Fsp3) is 0.448. The van der Waals surface area contributed by atoms with Crippen LogP contribution in [0.4, 0.5) is 0 Å². The number of amides is 1. The number of nitrogens with two attached hydrogens (primary N) is 1. The predicted octanol–water partition coefficient (Wildman–Crippen LogP) is 5.15. The molecule has 10 heteroatoms. The first-order valence-corrected chi connectivity index (χ1v) is 13.2. The van der Waals surface area contributed by atoms with Crippen LogP contribution in [0.5, 0.6) is 0 Å². The van der Waals surface area contributed by atoms with Gasteiger partial charge < -0.3 is 15.8 Å². The lowest BCUT2D eigenvalue weighted by Gasteiger charge is -2.30. The molecule has 1 heterocycles. The van der Waals surface area contributed by atoms with Gasteiger partial charge in [-0.25, -0.2) is 4.99 Å². The third-order valence-electron chi connectivity index (χ3n) is 5.16. The third kappa shape index (κ3) is 13.8. The quantitative estimate of drug-likeness (QED) is 0.281. The van der Waals surface area contributed by atoms with Gasteiger partial charge in [0.1, 0.15) is 12.1 Å². The molecule has 2 unspecified atom stereocenters. The number of nitrogens with zero attached hydrogens (tertiary/aromatic N) is 2. The molecule has 2 aromatic rings. The predicted molar refractivity (Wildman–Crippen MR) is 168 cm³/mol. The highest BCUT2D eigenvalue weighted by atomic mass is 35.5. The SMILES string of the molecule is CC(C)(C)N1C(=O)C(Cc2ccccc2)NC1=S.CC(C)(C)N=C=S.COC(=O)C(N)Cc1ccccc1.Cl. The number of carbonyl (C=O) groups is 2. The van der Waals surface area contributed by atoms with Gasteiger partial charge in [0.15, 0.2) is 5.11 Å². The van der Waals surface area contributed by atoms with Crippen LogP contribution in [0.25, 0.3) is 0 Å². The Bertz CT molecular complexity index is 1100. The molecular weight excluding hydrogens is 552 g/mol. The minimum atomic E-state index is -0.563. The number of hydrogen-bond donors (Lipinski definition) is 2. The van der Waals surface area contributed by atoms with E-state index in [9.17, 15) is 9.59 Å². The Hall–Kier alpha value is -2.68. The van der Waals surface area contributed by atoms with Crippen LogP contribution in [0.3, 0.4) is 0 Å². The van der Waals surface area contributed by atoms with E-state index in [-0.39, 0.29) is 41.4 Å². The number of hydrogen-bond acceptors (Lipinski definition) is 7. The van der Waals surface area contributed by atoms with Gasteiger partial charge in [-0.1, -0.05) is 60.7 Å². The number of methoxy groups -OCH3 is 1. The number of ether oxygens (including phenoxy) is 1. The van der Waals surface area contributed by atoms with E-state index < -0.39 is 6.04 Å². The first kappa shape index (κ1) is 36.3. The van der Waals surface area contributed by atoms with E-state index in [2.05, 4.69) is 32.4 Å². The lowest BCUT2D eigenvalue weighted by Crippen LogP contribution is -2.46. The second-order valence-corrected chi connectivity index (χ2v) is 11.3. The summed E-state index contributed by atoms with van der Waals surface area (Å²) < 4.78 is 4.52. The molecule has 1 aliphatic heterocycles. The van der Waals surface area contributed by atoms with Gasteiger partial charge in [-0.15, -0.1) is 12.4 Å². The average Bonchev–Trinajstić information content (AvgIpc) is 3.12. The first-order valence-electron chi connectivity index (χ1n) is 12.3. The Kier molecular flexibility index (Phi) is 15.9. The zero-order chi connectivity index (χ0) is 28.9. The van der Waals surface area contributed by atoms with E-state index in [1.165, 1.54) is 7.11 Å². The van der Waals surface area contributed by atoms with Crippen molar-refractivity contribution in [3.8, 4) is 0 Å². The molecule has 1 saturated heterocycles. The molecule has 1 amide bonds. The molecule has 1 aliphatic rings. The molecule has 1 fully saturated rings. The molecule has 214 valence electrons. The van der Waals surface area contributed by atoms with E-state index >= 15 is 0 Å². The van der Waals surface area contributed by atoms with E-state index in [0.717, 1.165) is 11.1 Å². The number of isothiocyanates is 1. The molecule has 3 rings (SSSR count). The van der Waals surface area contributed by atoms with Gasteiger partial charge in [0.2, 0.25) is 0 Å². The van der Waals surface area contributed by atoms with Gasteiger partial charge in [0.05, 0.1) is 17.8 Å². The van der Waals surface area contributed by atoms with E-state index in [4.69, 9.17) is 18.0 Å². The van der Waals surface area contributed by atoms with E-state index in [1.54, 1.807) is 4.90 Å². The van der Waals surface area contributed by atoms with Gasteiger partial charge in [-0.3, -0.25) is 14.5 Å². The fourth-order valence-electron chi connectivity index (χ4n) is 3.39. The van der Waals surface area contributed by atoms with Gasteiger partial charge in [0, 0.05) is 12.0 Å². The second kappa shape index (κ2) is 17.1. The third-order valence-corrected chi connectivity index (χ3v) is 5.55. The molecule has 2 atom stereocenters. The van der Waals surface area contributed by atoms with Crippen LogP contribution in [-0.4, -0.2) is 57.3 Å². The molecule has 0 spiro atoms. The van der Waals surface area contributed by atoms with Crippen molar-refractivity contribution in [2.45, 2.75) is 77.5 Å². The normalized spacial score (nSPS) is 15.2. The summed E-state index contributed by atoms with van der Waals surface area (Å²) in [5, 5.41) is 5.97. The van der Waals surface area contributed by atoms with Crippen LogP contribution < -0.4 is 11.1 Å². The average molecular weight is 593 g/mol. The van der Waals surface area contributed by atoms with Gasteiger partial charge in [-0.2, -0.15) is 0 Å². The maximum absolute atomic E-state index is 12.3. The van der Waals surface area contributed by atoms with E-state index in [0.29, 0.717) is 18.0 Å². The molecule has 0 aromatic heterocycles. The zero-order valence-corrected chi connectivity index (χ0v) is 26.2. The number of esters is 1. The summed E-state index contributed by atoms with van der Waals surface area (Å²) in [4.78, 5) is 28.8. The Labute approximate surface area is 250 Å². The summed E-state index contributed by atoms with van der Waals surface area (Å²) in [5.41, 5.74) is 7.46. The lowest BCUT2D eigenvalue weighted by molar-refractivity contribution is -0.142. The van der Waals surface area contributed by atoms with Crippen molar-refractivity contribution >= 4 is 59.0 Å². The molecular formula is C29H41ClN4O3S2. The highest BCUT2D eigenvalue weighted by molar-refractivity contribution is 7.80. The highest BCUT2D eigenvalue weighted by Gasteiger charge is 2.41. The molecule has 3 N–H and O–H groups in total. The van der Waals surface area contributed by atoms with Crippen LogP contribution in [0.2, 0.25) is 0 Å². The first-order chi connectivity index (χ1) is 17.7. The number of nitrogens with one attached hydrogen (secondary N) is 1. The summed E-state index contributed by atoms with van der Waals surface area (Å²) in [7, 11) is 1.34. The summed E-state index contributed by atoms with van der Waals surface area (Å²) in [6.45, 7) is 11.9. The van der Waals surface area contributed by atoms with Crippen molar-refractivity contribution in [2.24, 2.45) is 10.7 Å². The Morgan fingerprint density at radius 2 is 1.54 bits per heavy atom. The van der Waals surface area contributed by atoms with Crippen LogP contribution in [-0.2, 0) is 27.2 Å². The lowest BCUT2D eigenvalue weighted by atomic mass is 10.0. The minimum Gasteiger partial charge on any atom is -0.468 e. The summed E-state index contributed by atoms with van der Waals surface area (Å²) in [6.07, 6.45) is 1.19. The van der Waals surface area contributed by atoms with Crippen molar-refractivity contribution in [1.29, 1.82) is 0 Å². The van der Waals surface area contributed by atoms with Crippen molar-refractivity contribution in [2.75, 3.05) is 7.11 Å². The summed E-state index contributed by atoms with van der Waals surface area (Å²) in [5.74, 6) is -0.305. The van der Waals surface area contributed by atoms with Crippen LogP contribution >= 0.6 is 36.8 Å². The molecule has 0 radical (unpaired) electrons. The summed E-state index contributed by atoms with van der Waals surface area (Å²) in [6, 6.07) is 18.8. The maximum atomic E-state index is 12.3. The van der Waals surface area contributed by atoms with Crippen LogP contribution in [0.1, 0.15) is 52.7 Å². The minimum absolute atomic E-state index is 0. The van der Waals surface area contributed by atoms with Gasteiger partial charge in [0.25, 0.3) is 5.91 Å². The topological polar surface area (TPSA) is 97.0 Å². The Morgan fingerprint density at radius 1 is 1.05 bits per heavy atom. The second-order valence-electron chi connectivity index (χ2n) is 10.7. The molecule has 0 aliphatic carbocycles. The number of benzene rings is 2. The number of thiocarbonyl (C=S) groups is 2. The Morgan fingerprint density at radius 3 is 1.90 bits per heavy atom. The van der Waals surface area contributed by atoms with Crippen molar-refractivity contribution < 1.29 is 14.3 Å². The maximum Gasteiger partial charge on any atom is 0.322 e. The Balaban J connectivity index is 0.000000605. The number of aliphatic imine (C=N–C) groups is 1. The molecule has 39 heavy (non-hydrogen) atoms. The smallest absolute Gasteiger partial charge is 0.322 e. The number of rotatable bonds is 5. The molecule has 0 saturated carbocycles. The van der Waals surface area contributed by atoms with Crippen molar-refractivity contribution in [3.63, 3.8) is 0 Å². The fourth-order valence-corrected chi connectivity index (χ4v) is 4.17. The standard InChI is InChI=1S/C14H18N2OS.C10H13NO2.C5H9NS.ClH/c1-14(2,3)16-12(17)11(15-13(16)18)9-10-7-5-4-6-8-10;1-13-10(12)9(11)7-8-5-3-2-4-6-8;1-5(2,3)6-4-7;/h4-8,11H,9H2,1-3H3,(H,15,18);2-6,9H,7,11H2,1H3;1-3H3;1H. The van der Waals surface area contributed by atoms with Crippen molar-refractivity contribution in [3.05, 3.63) is 71.8 Å². The van der Waals surface area contributed by atoms with Crippen LogP contribution in [0, 0.1) is 0 Å². The van der Waals surface area contributed by atoms with E-state index in [1.807, 2.05) is 102 Å². The monoisotopic (exact) mass is 592 g/mol. The zero-order valence-electron chi connectivity index (χ0n) is 23.8. The number of carbonyl (C=O) groups excluding carboxylic acids is 2. The highest BCUT2D eigenvalue weighted by Crippen LogP contribution is 2.21.